The standard InChI is InChI=1S/C45H66N2O3/c1-32-36(34-12-14-35(15-13-34)41(48)50-31-33-9-6-5-7-10-33)18-21-42(2)37(32)19-22-44(4)40(42)17-16-38-39-11-8-20-45(39,24-23-43(38,44)3)46-25-26-47-27-29-49-30-28-47/h5-7,9-10,12,18,32,35,37-40,46H,8,11,13-17,19-31H2,1-4H3/t32?,35-,37?,38+,39+,40?,42-,43+,44+,45-/m0/s1. The Labute approximate surface area is 303 Å². The minimum atomic E-state index is -0.0283. The maximum Gasteiger partial charge on any atom is 0.309 e. The van der Waals surface area contributed by atoms with Gasteiger partial charge in [-0.1, -0.05) is 76.6 Å². The highest BCUT2D eigenvalue weighted by atomic mass is 16.5. The minimum absolute atomic E-state index is 0.00684. The van der Waals surface area contributed by atoms with Gasteiger partial charge in [-0.25, -0.2) is 0 Å². The second kappa shape index (κ2) is 13.8. The number of rotatable bonds is 8. The van der Waals surface area contributed by atoms with Crippen molar-refractivity contribution in [3.63, 3.8) is 0 Å². The molecule has 0 bridgehead atoms. The van der Waals surface area contributed by atoms with Gasteiger partial charge < -0.3 is 14.8 Å². The van der Waals surface area contributed by atoms with Crippen LogP contribution in [-0.2, 0) is 20.9 Å². The van der Waals surface area contributed by atoms with Gasteiger partial charge in [0.1, 0.15) is 6.61 Å². The van der Waals surface area contributed by atoms with E-state index in [2.05, 4.69) is 50.1 Å². The van der Waals surface area contributed by atoms with Gasteiger partial charge >= 0.3 is 5.97 Å². The topological polar surface area (TPSA) is 50.8 Å². The van der Waals surface area contributed by atoms with Crippen LogP contribution in [0.15, 0.2) is 53.6 Å². The molecule has 1 N–H and O–H groups in total. The summed E-state index contributed by atoms with van der Waals surface area (Å²) in [6, 6.07) is 10.1. The number of benzene rings is 1. The van der Waals surface area contributed by atoms with E-state index < -0.39 is 0 Å². The van der Waals surface area contributed by atoms with Crippen LogP contribution in [0.1, 0.15) is 117 Å². The molecule has 1 saturated heterocycles. The first-order valence-electron chi connectivity index (χ1n) is 20.8. The molecule has 5 heteroatoms. The Bertz CT molecular complexity index is 1450. The van der Waals surface area contributed by atoms with Crippen LogP contribution in [0.4, 0.5) is 0 Å². The van der Waals surface area contributed by atoms with E-state index in [9.17, 15) is 4.79 Å². The molecule has 7 aliphatic rings. The number of ether oxygens (including phenoxy) is 2. The average Bonchev–Trinajstić information content (AvgIpc) is 3.56. The molecule has 5 fully saturated rings. The zero-order valence-electron chi connectivity index (χ0n) is 31.8. The summed E-state index contributed by atoms with van der Waals surface area (Å²) in [6.45, 7) is 17.5. The highest BCUT2D eigenvalue weighted by molar-refractivity contribution is 5.73. The smallest absolute Gasteiger partial charge is 0.309 e. The maximum absolute atomic E-state index is 12.9. The quantitative estimate of drug-likeness (QED) is 0.277. The maximum atomic E-state index is 12.9. The summed E-state index contributed by atoms with van der Waals surface area (Å²) in [5.41, 5.74) is 5.83. The molecule has 50 heavy (non-hydrogen) atoms. The first-order valence-corrected chi connectivity index (χ1v) is 20.8. The minimum Gasteiger partial charge on any atom is -0.461 e. The van der Waals surface area contributed by atoms with Crippen LogP contribution in [0.5, 0.6) is 0 Å². The number of hydrogen-bond donors (Lipinski definition) is 1. The molecular weight excluding hydrogens is 617 g/mol. The number of hydrogen-bond acceptors (Lipinski definition) is 5. The Morgan fingerprint density at radius 3 is 2.50 bits per heavy atom. The van der Waals surface area contributed by atoms with E-state index in [0.29, 0.717) is 34.3 Å². The predicted octanol–water partition coefficient (Wildman–Crippen LogP) is 9.13. The summed E-state index contributed by atoms with van der Waals surface area (Å²) >= 11 is 0. The molecule has 6 aliphatic carbocycles. The predicted molar refractivity (Wildman–Crippen MR) is 201 cm³/mol. The van der Waals surface area contributed by atoms with Crippen LogP contribution in [0.25, 0.3) is 0 Å². The van der Waals surface area contributed by atoms with E-state index in [0.717, 1.165) is 81.3 Å². The Kier molecular flexibility index (Phi) is 9.68. The molecule has 0 radical (unpaired) electrons. The monoisotopic (exact) mass is 683 g/mol. The van der Waals surface area contributed by atoms with Crippen molar-refractivity contribution in [3.05, 3.63) is 59.2 Å². The Hall–Kier alpha value is -1.95. The molecule has 1 heterocycles. The lowest BCUT2D eigenvalue weighted by molar-refractivity contribution is -0.212. The molecule has 0 amide bonds. The van der Waals surface area contributed by atoms with Crippen LogP contribution >= 0.6 is 0 Å². The summed E-state index contributed by atoms with van der Waals surface area (Å²) in [5, 5.41) is 4.27. The number of carbonyl (C=O) groups excluding carboxylic acids is 1. The van der Waals surface area contributed by atoms with Gasteiger partial charge in [-0.3, -0.25) is 9.69 Å². The SMILES string of the molecule is CC1C(C2=CC[C@H](C(=O)OCc3ccccc3)CC2)=CC[C@@]2(C)C1CC[C@]1(C)C2CC[C@@H]2[C@H]3CCC[C@]3(NCCN3CCOCC3)CC[C@]21C. The van der Waals surface area contributed by atoms with Crippen LogP contribution < -0.4 is 5.32 Å². The second-order valence-corrected chi connectivity index (χ2v) is 18.7. The molecule has 1 aromatic rings. The average molecular weight is 683 g/mol. The lowest BCUT2D eigenvalue weighted by Crippen LogP contribution is -2.67. The Morgan fingerprint density at radius 1 is 0.900 bits per heavy atom. The molecule has 10 atom stereocenters. The summed E-state index contributed by atoms with van der Waals surface area (Å²) in [6.07, 6.45) is 21.7. The number of nitrogens with zero attached hydrogens (tertiary/aromatic N) is 1. The Balaban J connectivity index is 0.937. The molecule has 8 rings (SSSR count). The van der Waals surface area contributed by atoms with E-state index in [4.69, 9.17) is 9.47 Å². The Morgan fingerprint density at radius 2 is 1.72 bits per heavy atom. The molecule has 274 valence electrons. The van der Waals surface area contributed by atoms with Gasteiger partial charge in [0.05, 0.1) is 19.1 Å². The number of carbonyl (C=O) groups is 1. The van der Waals surface area contributed by atoms with Crippen molar-refractivity contribution in [2.75, 3.05) is 39.4 Å². The molecule has 4 saturated carbocycles. The second-order valence-electron chi connectivity index (χ2n) is 18.7. The zero-order valence-corrected chi connectivity index (χ0v) is 31.8. The first-order chi connectivity index (χ1) is 24.2. The summed E-state index contributed by atoms with van der Waals surface area (Å²) in [4.78, 5) is 15.6. The summed E-state index contributed by atoms with van der Waals surface area (Å²) in [7, 11) is 0. The highest BCUT2D eigenvalue weighted by Gasteiger charge is 2.68. The first kappa shape index (κ1) is 35.1. The molecular formula is C45H66N2O3. The fraction of sp³-hybridized carbons (Fsp3) is 0.756. The zero-order chi connectivity index (χ0) is 34.6. The van der Waals surface area contributed by atoms with Crippen LogP contribution in [-0.4, -0.2) is 55.8 Å². The largest absolute Gasteiger partial charge is 0.461 e. The summed E-state index contributed by atoms with van der Waals surface area (Å²) < 4.78 is 11.3. The van der Waals surface area contributed by atoms with E-state index in [1.165, 1.54) is 76.3 Å². The third-order valence-electron chi connectivity index (χ3n) is 16.9. The fourth-order valence-corrected chi connectivity index (χ4v) is 14.0. The number of esters is 1. The van der Waals surface area contributed by atoms with E-state index in [1.807, 2.05) is 30.3 Å². The lowest BCUT2D eigenvalue weighted by Gasteiger charge is -2.71. The number of allylic oxidation sites excluding steroid dienone is 4. The van der Waals surface area contributed by atoms with Crippen molar-refractivity contribution in [2.24, 2.45) is 51.8 Å². The third-order valence-corrected chi connectivity index (χ3v) is 16.9. The number of fused-ring (bicyclic) bond motifs is 7. The van der Waals surface area contributed by atoms with E-state index in [1.54, 1.807) is 5.57 Å². The lowest BCUT2D eigenvalue weighted by atomic mass is 9.34. The number of nitrogens with one attached hydrogen (secondary N) is 1. The molecule has 1 aromatic carbocycles. The van der Waals surface area contributed by atoms with Crippen LogP contribution in [0.2, 0.25) is 0 Å². The van der Waals surface area contributed by atoms with Gasteiger partial charge in [-0.2, -0.15) is 0 Å². The normalized spacial score (nSPS) is 43.0. The molecule has 0 spiro atoms. The summed E-state index contributed by atoms with van der Waals surface area (Å²) in [5.74, 6) is 3.84. The van der Waals surface area contributed by atoms with Crippen molar-refractivity contribution in [3.8, 4) is 0 Å². The van der Waals surface area contributed by atoms with E-state index >= 15 is 0 Å². The molecule has 0 aromatic heterocycles. The van der Waals surface area contributed by atoms with Crippen molar-refractivity contribution in [1.82, 2.24) is 10.2 Å². The number of morpholine rings is 1. The van der Waals surface area contributed by atoms with Crippen molar-refractivity contribution in [1.29, 1.82) is 0 Å². The van der Waals surface area contributed by atoms with Gasteiger partial charge in [0, 0.05) is 31.7 Å². The molecule has 1 aliphatic heterocycles. The fourth-order valence-electron chi connectivity index (χ4n) is 14.0. The molecule has 3 unspecified atom stereocenters. The van der Waals surface area contributed by atoms with Crippen LogP contribution in [0.3, 0.4) is 0 Å². The van der Waals surface area contributed by atoms with Gasteiger partial charge in [-0.05, 0) is 140 Å². The van der Waals surface area contributed by atoms with Gasteiger partial charge in [0.25, 0.3) is 0 Å². The van der Waals surface area contributed by atoms with Crippen LogP contribution in [0, 0.1) is 51.8 Å². The van der Waals surface area contributed by atoms with Gasteiger partial charge in [0.2, 0.25) is 0 Å². The molecule has 5 nitrogen and oxygen atoms in total. The van der Waals surface area contributed by atoms with Crippen molar-refractivity contribution in [2.45, 2.75) is 123 Å². The van der Waals surface area contributed by atoms with Gasteiger partial charge in [-0.15, -0.1) is 0 Å². The third kappa shape index (κ3) is 5.88. The van der Waals surface area contributed by atoms with E-state index in [-0.39, 0.29) is 11.9 Å². The highest BCUT2D eigenvalue weighted by Crippen LogP contribution is 2.75. The van der Waals surface area contributed by atoms with Crippen molar-refractivity contribution >= 4 is 5.97 Å². The van der Waals surface area contributed by atoms with Gasteiger partial charge in [0.15, 0.2) is 0 Å². The van der Waals surface area contributed by atoms with Crippen molar-refractivity contribution < 1.29 is 14.3 Å².